The van der Waals surface area contributed by atoms with Gasteiger partial charge in [0.25, 0.3) is 0 Å². The summed E-state index contributed by atoms with van der Waals surface area (Å²) in [7, 11) is 0. The fraction of sp³-hybridized carbons (Fsp3) is 0.250. The fourth-order valence-electron chi connectivity index (χ4n) is 2.40. The van der Waals surface area contributed by atoms with Gasteiger partial charge in [-0.15, -0.1) is 0 Å². The van der Waals surface area contributed by atoms with Crippen LogP contribution in [0.25, 0.3) is 11.1 Å². The minimum atomic E-state index is -4.31. The highest BCUT2D eigenvalue weighted by Gasteiger charge is 2.34. The number of rotatable bonds is 2. The molecule has 1 unspecified atom stereocenters. The lowest BCUT2D eigenvalue weighted by Crippen LogP contribution is -2.04. The smallest absolute Gasteiger partial charge is 0.327 e. The number of alkyl halides is 3. The zero-order valence-electron chi connectivity index (χ0n) is 10.7. The Bertz CT molecular complexity index is 616. The van der Waals surface area contributed by atoms with Crippen LogP contribution in [0.4, 0.5) is 13.2 Å². The Hall–Kier alpha value is -1.81. The van der Waals surface area contributed by atoms with Gasteiger partial charge in [-0.1, -0.05) is 36.4 Å². The highest BCUT2D eigenvalue weighted by atomic mass is 19.4. The van der Waals surface area contributed by atoms with Crippen LogP contribution in [0.5, 0.6) is 0 Å². The number of hydrogen-bond donors (Lipinski definition) is 1. The van der Waals surface area contributed by atoms with Gasteiger partial charge in [0.15, 0.2) is 0 Å². The Morgan fingerprint density at radius 3 is 2.15 bits per heavy atom. The monoisotopic (exact) mass is 277 g/mol. The standard InChI is InChI=1S/C16H14F3N/c17-16(18,19)13-3-1-2-12(8-13)10-4-6-11(7-5-10)14-9-15(14)20/h1-8,14-15H,9,20H2/t14?,15-/m0/s1. The van der Waals surface area contributed by atoms with Crippen LogP contribution in [0.15, 0.2) is 48.5 Å². The molecule has 1 aliphatic rings. The molecule has 0 aromatic heterocycles. The van der Waals surface area contributed by atoms with E-state index < -0.39 is 11.7 Å². The molecule has 2 aromatic carbocycles. The van der Waals surface area contributed by atoms with Crippen LogP contribution in [0, 0.1) is 0 Å². The minimum Gasteiger partial charge on any atom is -0.327 e. The molecule has 4 heteroatoms. The van der Waals surface area contributed by atoms with E-state index >= 15 is 0 Å². The summed E-state index contributed by atoms with van der Waals surface area (Å²) in [5.41, 5.74) is 7.69. The van der Waals surface area contributed by atoms with Crippen molar-refractivity contribution in [3.63, 3.8) is 0 Å². The largest absolute Gasteiger partial charge is 0.416 e. The van der Waals surface area contributed by atoms with E-state index in [0.717, 1.165) is 23.6 Å². The Labute approximate surface area is 115 Å². The van der Waals surface area contributed by atoms with Gasteiger partial charge in [0.2, 0.25) is 0 Å². The number of nitrogens with two attached hydrogens (primary N) is 1. The summed E-state index contributed by atoms with van der Waals surface area (Å²) in [5, 5.41) is 0. The lowest BCUT2D eigenvalue weighted by molar-refractivity contribution is -0.137. The highest BCUT2D eigenvalue weighted by Crippen LogP contribution is 2.39. The van der Waals surface area contributed by atoms with Gasteiger partial charge in [-0.05, 0) is 35.2 Å². The molecule has 0 aliphatic heterocycles. The van der Waals surface area contributed by atoms with Crippen molar-refractivity contribution >= 4 is 0 Å². The zero-order valence-corrected chi connectivity index (χ0v) is 10.7. The van der Waals surface area contributed by atoms with Gasteiger partial charge in [0, 0.05) is 12.0 Å². The van der Waals surface area contributed by atoms with Crippen LogP contribution in [0.1, 0.15) is 23.5 Å². The van der Waals surface area contributed by atoms with Crippen LogP contribution in [-0.2, 0) is 6.18 Å². The van der Waals surface area contributed by atoms with E-state index in [4.69, 9.17) is 5.73 Å². The lowest BCUT2D eigenvalue weighted by atomic mass is 10.0. The second kappa shape index (κ2) is 4.63. The predicted octanol–water partition coefficient (Wildman–Crippen LogP) is 4.19. The third kappa shape index (κ3) is 2.56. The van der Waals surface area contributed by atoms with Crippen molar-refractivity contribution in [2.24, 2.45) is 5.73 Å². The number of hydrogen-bond acceptors (Lipinski definition) is 1. The molecule has 0 saturated heterocycles. The van der Waals surface area contributed by atoms with Gasteiger partial charge in [0.1, 0.15) is 0 Å². The third-order valence-corrected chi connectivity index (χ3v) is 3.70. The molecule has 1 nitrogen and oxygen atoms in total. The van der Waals surface area contributed by atoms with Crippen LogP contribution in [0.2, 0.25) is 0 Å². The molecule has 0 spiro atoms. The fourth-order valence-corrected chi connectivity index (χ4v) is 2.40. The molecule has 104 valence electrons. The molecule has 1 fully saturated rings. The molecule has 0 radical (unpaired) electrons. The van der Waals surface area contributed by atoms with Crippen LogP contribution >= 0.6 is 0 Å². The van der Waals surface area contributed by atoms with Crippen molar-refractivity contribution in [3.8, 4) is 11.1 Å². The molecule has 2 aromatic rings. The highest BCUT2D eigenvalue weighted by molar-refractivity contribution is 5.65. The van der Waals surface area contributed by atoms with Gasteiger partial charge >= 0.3 is 6.18 Å². The second-order valence-corrected chi connectivity index (χ2v) is 5.21. The molecular formula is C16H14F3N. The number of benzene rings is 2. The summed E-state index contributed by atoms with van der Waals surface area (Å²) in [4.78, 5) is 0. The molecule has 1 aliphatic carbocycles. The molecule has 2 N–H and O–H groups in total. The summed E-state index contributed by atoms with van der Waals surface area (Å²) in [6, 6.07) is 13.2. The molecule has 1 saturated carbocycles. The van der Waals surface area contributed by atoms with Crippen LogP contribution in [-0.4, -0.2) is 6.04 Å². The summed E-state index contributed by atoms with van der Waals surface area (Å²) < 4.78 is 38.1. The third-order valence-electron chi connectivity index (χ3n) is 3.70. The first-order valence-electron chi connectivity index (χ1n) is 6.48. The minimum absolute atomic E-state index is 0.231. The molecule has 3 rings (SSSR count). The Kier molecular flexibility index (Phi) is 3.05. The topological polar surface area (TPSA) is 26.0 Å². The molecule has 2 atom stereocenters. The Morgan fingerprint density at radius 1 is 0.950 bits per heavy atom. The van der Waals surface area contributed by atoms with E-state index in [0.29, 0.717) is 11.5 Å². The Balaban J connectivity index is 1.89. The first kappa shape index (κ1) is 13.2. The van der Waals surface area contributed by atoms with E-state index in [2.05, 4.69) is 0 Å². The first-order chi connectivity index (χ1) is 9.45. The summed E-state index contributed by atoms with van der Waals surface area (Å²) in [6.07, 6.45) is -3.32. The van der Waals surface area contributed by atoms with E-state index in [1.54, 1.807) is 6.07 Å². The molecular weight excluding hydrogens is 263 g/mol. The van der Waals surface area contributed by atoms with Crippen molar-refractivity contribution < 1.29 is 13.2 Å². The van der Waals surface area contributed by atoms with Crippen LogP contribution in [0.3, 0.4) is 0 Å². The van der Waals surface area contributed by atoms with Crippen molar-refractivity contribution in [2.75, 3.05) is 0 Å². The average molecular weight is 277 g/mol. The maximum absolute atomic E-state index is 12.7. The SMILES string of the molecule is N[C@H]1CC1c1ccc(-c2cccc(C(F)(F)F)c2)cc1. The van der Waals surface area contributed by atoms with Gasteiger partial charge in [-0.3, -0.25) is 0 Å². The maximum atomic E-state index is 12.7. The Morgan fingerprint density at radius 2 is 1.60 bits per heavy atom. The van der Waals surface area contributed by atoms with Gasteiger partial charge in [-0.25, -0.2) is 0 Å². The maximum Gasteiger partial charge on any atom is 0.416 e. The summed E-state index contributed by atoms with van der Waals surface area (Å²) in [6.45, 7) is 0. The molecule has 20 heavy (non-hydrogen) atoms. The van der Waals surface area contributed by atoms with E-state index in [9.17, 15) is 13.2 Å². The van der Waals surface area contributed by atoms with Crippen molar-refractivity contribution in [3.05, 3.63) is 59.7 Å². The van der Waals surface area contributed by atoms with Crippen LogP contribution < -0.4 is 5.73 Å². The first-order valence-corrected chi connectivity index (χ1v) is 6.48. The van der Waals surface area contributed by atoms with Crippen molar-refractivity contribution in [1.29, 1.82) is 0 Å². The summed E-state index contributed by atoms with van der Waals surface area (Å²) >= 11 is 0. The number of halogens is 3. The average Bonchev–Trinajstić information content (AvgIpc) is 3.15. The normalized spacial score (nSPS) is 21.8. The van der Waals surface area contributed by atoms with Gasteiger partial charge < -0.3 is 5.73 Å². The van der Waals surface area contributed by atoms with E-state index in [1.807, 2.05) is 24.3 Å². The van der Waals surface area contributed by atoms with Crippen molar-refractivity contribution in [1.82, 2.24) is 0 Å². The molecule has 0 bridgehead atoms. The van der Waals surface area contributed by atoms with Gasteiger partial charge in [0.05, 0.1) is 5.56 Å². The van der Waals surface area contributed by atoms with E-state index in [-0.39, 0.29) is 6.04 Å². The van der Waals surface area contributed by atoms with Crippen molar-refractivity contribution in [2.45, 2.75) is 24.6 Å². The lowest BCUT2D eigenvalue weighted by Gasteiger charge is -2.09. The molecule has 0 amide bonds. The second-order valence-electron chi connectivity index (χ2n) is 5.21. The van der Waals surface area contributed by atoms with Gasteiger partial charge in [-0.2, -0.15) is 13.2 Å². The quantitative estimate of drug-likeness (QED) is 0.875. The zero-order chi connectivity index (χ0) is 14.3. The molecule has 0 heterocycles. The predicted molar refractivity (Wildman–Crippen MR) is 72.2 cm³/mol. The summed E-state index contributed by atoms with van der Waals surface area (Å²) in [5.74, 6) is 0.408. The van der Waals surface area contributed by atoms with E-state index in [1.165, 1.54) is 12.1 Å².